The van der Waals surface area contributed by atoms with Crippen molar-refractivity contribution in [3.05, 3.63) is 0 Å². The number of carbonyl (C=O) groups excluding carboxylic acids is 2. The van der Waals surface area contributed by atoms with Crippen molar-refractivity contribution in [1.82, 2.24) is 10.2 Å². The molecule has 1 fully saturated rings. The van der Waals surface area contributed by atoms with Crippen LogP contribution in [0.3, 0.4) is 0 Å². The second kappa shape index (κ2) is 7.65. The first-order valence-electron chi connectivity index (χ1n) is 8.04. The van der Waals surface area contributed by atoms with Crippen LogP contribution in [0.2, 0.25) is 0 Å². The number of piperazine rings is 1. The lowest BCUT2D eigenvalue weighted by Crippen LogP contribution is -2.66. The summed E-state index contributed by atoms with van der Waals surface area (Å²) >= 11 is 0. The molecule has 1 heterocycles. The van der Waals surface area contributed by atoms with Gasteiger partial charge < -0.3 is 10.2 Å². The highest BCUT2D eigenvalue weighted by molar-refractivity contribution is 5.97. The molecule has 1 aliphatic heterocycles. The lowest BCUT2D eigenvalue weighted by molar-refractivity contribution is -0.152. The number of rotatable bonds is 7. The SMILES string of the molecule is CCCCCN1C(=O)C(C(C)CC)NC(=O)C1C(C)C. The van der Waals surface area contributed by atoms with Gasteiger partial charge >= 0.3 is 0 Å². The highest BCUT2D eigenvalue weighted by Gasteiger charge is 2.42. The van der Waals surface area contributed by atoms with Crippen molar-refractivity contribution in [2.45, 2.75) is 72.4 Å². The molecular weight excluding hydrogens is 252 g/mol. The largest absolute Gasteiger partial charge is 0.342 e. The first-order chi connectivity index (χ1) is 9.43. The molecule has 0 aromatic rings. The maximum atomic E-state index is 12.7. The quantitative estimate of drug-likeness (QED) is 0.730. The zero-order valence-electron chi connectivity index (χ0n) is 13.6. The van der Waals surface area contributed by atoms with Gasteiger partial charge in [0.2, 0.25) is 11.8 Å². The van der Waals surface area contributed by atoms with Crippen molar-refractivity contribution in [2.24, 2.45) is 11.8 Å². The molecule has 1 saturated heterocycles. The van der Waals surface area contributed by atoms with Gasteiger partial charge in [0.25, 0.3) is 0 Å². The van der Waals surface area contributed by atoms with Crippen LogP contribution in [0.5, 0.6) is 0 Å². The number of unbranched alkanes of at least 4 members (excludes halogenated alkanes) is 2. The normalized spacial score (nSPS) is 25.0. The first-order valence-corrected chi connectivity index (χ1v) is 8.04. The summed E-state index contributed by atoms with van der Waals surface area (Å²) in [6.07, 6.45) is 4.09. The van der Waals surface area contributed by atoms with E-state index in [0.29, 0.717) is 6.54 Å². The third kappa shape index (κ3) is 3.74. The Morgan fingerprint density at radius 2 is 1.80 bits per heavy atom. The number of hydrogen-bond acceptors (Lipinski definition) is 2. The molecule has 0 aliphatic carbocycles. The average molecular weight is 282 g/mol. The highest BCUT2D eigenvalue weighted by atomic mass is 16.2. The Kier molecular flexibility index (Phi) is 6.50. The smallest absolute Gasteiger partial charge is 0.246 e. The van der Waals surface area contributed by atoms with E-state index in [1.165, 1.54) is 0 Å². The molecule has 3 atom stereocenters. The maximum absolute atomic E-state index is 12.7. The van der Waals surface area contributed by atoms with E-state index in [1.54, 1.807) is 0 Å². The summed E-state index contributed by atoms with van der Waals surface area (Å²) in [5.41, 5.74) is 0. The summed E-state index contributed by atoms with van der Waals surface area (Å²) in [7, 11) is 0. The number of carbonyl (C=O) groups is 2. The van der Waals surface area contributed by atoms with E-state index >= 15 is 0 Å². The van der Waals surface area contributed by atoms with Crippen LogP contribution in [-0.2, 0) is 9.59 Å². The van der Waals surface area contributed by atoms with Crippen molar-refractivity contribution < 1.29 is 9.59 Å². The molecule has 2 amide bonds. The predicted octanol–water partition coefficient (Wildman–Crippen LogP) is 2.57. The van der Waals surface area contributed by atoms with Crippen molar-refractivity contribution >= 4 is 11.8 Å². The van der Waals surface area contributed by atoms with Gasteiger partial charge in [-0.2, -0.15) is 0 Å². The van der Waals surface area contributed by atoms with Crippen LogP contribution < -0.4 is 5.32 Å². The van der Waals surface area contributed by atoms with Crippen molar-refractivity contribution in [1.29, 1.82) is 0 Å². The number of nitrogens with one attached hydrogen (secondary N) is 1. The van der Waals surface area contributed by atoms with Crippen LogP contribution in [-0.4, -0.2) is 35.3 Å². The van der Waals surface area contributed by atoms with Crippen LogP contribution in [0.1, 0.15) is 60.3 Å². The molecule has 1 rings (SSSR count). The summed E-state index contributed by atoms with van der Waals surface area (Å²) in [6, 6.07) is -0.649. The zero-order chi connectivity index (χ0) is 15.3. The standard InChI is InChI=1S/C16H30N2O2/c1-6-8-9-10-18-14(11(3)4)15(19)17-13(16(18)20)12(5)7-2/h11-14H,6-10H2,1-5H3,(H,17,19). The minimum atomic E-state index is -0.343. The maximum Gasteiger partial charge on any atom is 0.246 e. The van der Waals surface area contributed by atoms with Gasteiger partial charge in [-0.25, -0.2) is 0 Å². The van der Waals surface area contributed by atoms with Crippen LogP contribution in [0.4, 0.5) is 0 Å². The molecule has 0 spiro atoms. The molecule has 1 aliphatic rings. The lowest BCUT2D eigenvalue weighted by Gasteiger charge is -2.42. The number of hydrogen-bond donors (Lipinski definition) is 1. The van der Waals surface area contributed by atoms with Crippen molar-refractivity contribution in [3.8, 4) is 0 Å². The van der Waals surface area contributed by atoms with Gasteiger partial charge in [0.15, 0.2) is 0 Å². The number of nitrogens with zero attached hydrogens (tertiary/aromatic N) is 1. The summed E-state index contributed by atoms with van der Waals surface area (Å²) in [4.78, 5) is 26.9. The van der Waals surface area contributed by atoms with Crippen LogP contribution in [0, 0.1) is 11.8 Å². The second-order valence-electron chi connectivity index (χ2n) is 6.30. The zero-order valence-corrected chi connectivity index (χ0v) is 13.6. The Morgan fingerprint density at radius 3 is 2.30 bits per heavy atom. The highest BCUT2D eigenvalue weighted by Crippen LogP contribution is 2.22. The molecule has 0 radical (unpaired) electrons. The van der Waals surface area contributed by atoms with Gasteiger partial charge in [0.1, 0.15) is 12.1 Å². The van der Waals surface area contributed by atoms with Gasteiger partial charge in [0, 0.05) is 6.54 Å². The van der Waals surface area contributed by atoms with Gasteiger partial charge in [-0.1, -0.05) is 53.9 Å². The molecule has 0 saturated carbocycles. The monoisotopic (exact) mass is 282 g/mol. The molecule has 116 valence electrons. The molecule has 4 heteroatoms. The minimum absolute atomic E-state index is 0.0152. The van der Waals surface area contributed by atoms with E-state index in [-0.39, 0.29) is 35.7 Å². The van der Waals surface area contributed by atoms with Crippen LogP contribution in [0.15, 0.2) is 0 Å². The van der Waals surface area contributed by atoms with Gasteiger partial charge in [-0.3, -0.25) is 9.59 Å². The second-order valence-corrected chi connectivity index (χ2v) is 6.30. The van der Waals surface area contributed by atoms with Gasteiger partial charge in [-0.05, 0) is 18.3 Å². The van der Waals surface area contributed by atoms with Crippen molar-refractivity contribution in [2.75, 3.05) is 6.54 Å². The van der Waals surface area contributed by atoms with E-state index in [4.69, 9.17) is 0 Å². The van der Waals surface area contributed by atoms with E-state index in [9.17, 15) is 9.59 Å². The lowest BCUT2D eigenvalue weighted by atomic mass is 9.90. The molecule has 0 aromatic carbocycles. The summed E-state index contributed by atoms with van der Waals surface area (Å²) in [5, 5.41) is 2.94. The topological polar surface area (TPSA) is 49.4 Å². The van der Waals surface area contributed by atoms with Gasteiger partial charge in [0.05, 0.1) is 0 Å². The first kappa shape index (κ1) is 17.0. The third-order valence-electron chi connectivity index (χ3n) is 4.30. The fourth-order valence-electron chi connectivity index (χ4n) is 2.82. The van der Waals surface area contributed by atoms with E-state index < -0.39 is 0 Å². The van der Waals surface area contributed by atoms with Crippen LogP contribution in [0.25, 0.3) is 0 Å². The Morgan fingerprint density at radius 1 is 1.15 bits per heavy atom. The fraction of sp³-hybridized carbons (Fsp3) is 0.875. The Bertz CT molecular complexity index is 341. The fourth-order valence-corrected chi connectivity index (χ4v) is 2.82. The minimum Gasteiger partial charge on any atom is -0.342 e. The average Bonchev–Trinajstić information content (AvgIpc) is 2.41. The Balaban J connectivity index is 2.89. The summed E-state index contributed by atoms with van der Waals surface area (Å²) < 4.78 is 0. The molecule has 1 N–H and O–H groups in total. The van der Waals surface area contributed by atoms with E-state index in [2.05, 4.69) is 19.2 Å². The van der Waals surface area contributed by atoms with Gasteiger partial charge in [-0.15, -0.1) is 0 Å². The summed E-state index contributed by atoms with van der Waals surface area (Å²) in [5.74, 6) is 0.460. The molecular formula is C16H30N2O2. The molecule has 0 bridgehead atoms. The summed E-state index contributed by atoms with van der Waals surface area (Å²) in [6.45, 7) is 11.0. The molecule has 4 nitrogen and oxygen atoms in total. The molecule has 20 heavy (non-hydrogen) atoms. The Labute approximate surface area is 123 Å². The Hall–Kier alpha value is -1.06. The van der Waals surface area contributed by atoms with Crippen molar-refractivity contribution in [3.63, 3.8) is 0 Å². The van der Waals surface area contributed by atoms with E-state index in [1.807, 2.05) is 25.7 Å². The number of amides is 2. The van der Waals surface area contributed by atoms with E-state index in [0.717, 1.165) is 25.7 Å². The molecule has 0 aromatic heterocycles. The predicted molar refractivity (Wildman–Crippen MR) is 81.2 cm³/mol. The molecule has 3 unspecified atom stereocenters. The third-order valence-corrected chi connectivity index (χ3v) is 4.30. The van der Waals surface area contributed by atoms with Crippen LogP contribution >= 0.6 is 0 Å².